The summed E-state index contributed by atoms with van der Waals surface area (Å²) in [4.78, 5) is 11.4. The van der Waals surface area contributed by atoms with Gasteiger partial charge < -0.3 is 15.8 Å². The van der Waals surface area contributed by atoms with Gasteiger partial charge in [-0.3, -0.25) is 4.79 Å². The van der Waals surface area contributed by atoms with Crippen LogP contribution in [-0.2, 0) is 11.2 Å². The van der Waals surface area contributed by atoms with Gasteiger partial charge in [0, 0.05) is 6.04 Å². The number of benzene rings is 1. The molecule has 0 aromatic heterocycles. The average Bonchev–Trinajstić information content (AvgIpc) is 2.36. The Morgan fingerprint density at radius 3 is 2.37 bits per heavy atom. The van der Waals surface area contributed by atoms with Gasteiger partial charge in [0.05, 0.1) is 13.2 Å². The fourth-order valence-electron chi connectivity index (χ4n) is 1.62. The van der Waals surface area contributed by atoms with E-state index in [1.807, 2.05) is 31.2 Å². The van der Waals surface area contributed by atoms with Crippen molar-refractivity contribution in [3.63, 3.8) is 0 Å². The number of amides is 1. The first-order valence-corrected chi connectivity index (χ1v) is 6.22. The maximum atomic E-state index is 11.4. The summed E-state index contributed by atoms with van der Waals surface area (Å²) in [5.41, 5.74) is 6.73. The molecular weight excluding hydrogens is 264 g/mol. The van der Waals surface area contributed by atoms with Gasteiger partial charge in [0.15, 0.2) is 0 Å². The van der Waals surface area contributed by atoms with Crippen LogP contribution < -0.4 is 15.8 Å². The fraction of sp³-hybridized carbons (Fsp3) is 0.500. The number of halogens is 1. The maximum Gasteiger partial charge on any atom is 0.236 e. The first-order valence-electron chi connectivity index (χ1n) is 6.22. The molecule has 4 nitrogen and oxygen atoms in total. The Morgan fingerprint density at radius 1 is 1.32 bits per heavy atom. The van der Waals surface area contributed by atoms with Crippen LogP contribution in [0.2, 0.25) is 0 Å². The van der Waals surface area contributed by atoms with Gasteiger partial charge in [0.25, 0.3) is 0 Å². The van der Waals surface area contributed by atoms with Gasteiger partial charge in [-0.2, -0.15) is 0 Å². The summed E-state index contributed by atoms with van der Waals surface area (Å²) in [7, 11) is 1.65. The number of hydrogen-bond donors (Lipinski definition) is 2. The van der Waals surface area contributed by atoms with Crippen molar-refractivity contribution in [1.29, 1.82) is 0 Å². The van der Waals surface area contributed by atoms with Crippen LogP contribution in [0.4, 0.5) is 0 Å². The van der Waals surface area contributed by atoms with Crippen molar-refractivity contribution in [3.05, 3.63) is 29.8 Å². The molecule has 0 bridgehead atoms. The Hall–Kier alpha value is -1.26. The van der Waals surface area contributed by atoms with E-state index in [1.54, 1.807) is 14.0 Å². The summed E-state index contributed by atoms with van der Waals surface area (Å²) in [5.74, 6) is 0.759. The Kier molecular flexibility index (Phi) is 8.19. The number of hydrogen-bond acceptors (Lipinski definition) is 3. The Morgan fingerprint density at radius 2 is 1.89 bits per heavy atom. The zero-order valence-electron chi connectivity index (χ0n) is 11.7. The smallest absolute Gasteiger partial charge is 0.236 e. The highest BCUT2D eigenvalue weighted by Crippen LogP contribution is 2.13. The lowest BCUT2D eigenvalue weighted by molar-refractivity contribution is -0.122. The third kappa shape index (κ3) is 6.45. The minimum absolute atomic E-state index is 0. The number of nitrogens with two attached hydrogens (primary N) is 1. The van der Waals surface area contributed by atoms with Crippen molar-refractivity contribution in [2.75, 3.05) is 7.11 Å². The van der Waals surface area contributed by atoms with E-state index in [-0.39, 0.29) is 24.4 Å². The van der Waals surface area contributed by atoms with E-state index in [4.69, 9.17) is 10.5 Å². The van der Waals surface area contributed by atoms with Crippen LogP contribution in [0.1, 0.15) is 25.8 Å². The molecule has 108 valence electrons. The van der Waals surface area contributed by atoms with Crippen molar-refractivity contribution >= 4 is 18.3 Å². The van der Waals surface area contributed by atoms with E-state index in [0.717, 1.165) is 18.6 Å². The summed E-state index contributed by atoms with van der Waals surface area (Å²) in [6, 6.07) is 7.65. The van der Waals surface area contributed by atoms with Gasteiger partial charge in [-0.15, -0.1) is 12.4 Å². The van der Waals surface area contributed by atoms with Crippen LogP contribution in [0.15, 0.2) is 24.3 Å². The van der Waals surface area contributed by atoms with Gasteiger partial charge in [0.2, 0.25) is 5.91 Å². The van der Waals surface area contributed by atoms with E-state index in [2.05, 4.69) is 5.32 Å². The van der Waals surface area contributed by atoms with Gasteiger partial charge in [-0.1, -0.05) is 12.1 Å². The summed E-state index contributed by atoms with van der Waals surface area (Å²) >= 11 is 0. The normalized spacial score (nSPS) is 13.1. The van der Waals surface area contributed by atoms with E-state index >= 15 is 0 Å². The lowest BCUT2D eigenvalue weighted by Gasteiger charge is -2.15. The standard InChI is InChI=1S/C14H22N2O2.ClH/c1-10(16-14(17)11(2)15)4-5-12-6-8-13(18-3)9-7-12;/h6-11H,4-5,15H2,1-3H3,(H,16,17);1H/t10?,11-;/m0./s1. The van der Waals surface area contributed by atoms with E-state index in [0.29, 0.717) is 0 Å². The lowest BCUT2D eigenvalue weighted by Crippen LogP contribution is -2.42. The molecule has 1 aromatic rings. The number of rotatable bonds is 6. The van der Waals surface area contributed by atoms with Crippen LogP contribution in [0, 0.1) is 0 Å². The number of ether oxygens (including phenoxy) is 1. The highest BCUT2D eigenvalue weighted by atomic mass is 35.5. The van der Waals surface area contributed by atoms with E-state index < -0.39 is 6.04 Å². The minimum atomic E-state index is -0.451. The predicted octanol–water partition coefficient (Wildman–Crippen LogP) is 1.90. The molecule has 0 radical (unpaired) electrons. The highest BCUT2D eigenvalue weighted by Gasteiger charge is 2.10. The number of aryl methyl sites for hydroxylation is 1. The second-order valence-electron chi connectivity index (χ2n) is 4.59. The number of methoxy groups -OCH3 is 1. The fourth-order valence-corrected chi connectivity index (χ4v) is 1.62. The SMILES string of the molecule is COc1ccc(CCC(C)NC(=O)[C@H](C)N)cc1.Cl. The molecule has 5 heteroatoms. The molecule has 0 spiro atoms. The molecule has 0 fully saturated rings. The molecule has 0 heterocycles. The zero-order chi connectivity index (χ0) is 13.5. The Labute approximate surface area is 121 Å². The predicted molar refractivity (Wildman–Crippen MR) is 79.8 cm³/mol. The monoisotopic (exact) mass is 286 g/mol. The Bertz CT molecular complexity index is 380. The summed E-state index contributed by atoms with van der Waals surface area (Å²) in [5, 5.41) is 2.88. The van der Waals surface area contributed by atoms with Gasteiger partial charge in [0.1, 0.15) is 5.75 Å². The Balaban J connectivity index is 0.00000324. The van der Waals surface area contributed by atoms with Gasteiger partial charge >= 0.3 is 0 Å². The van der Waals surface area contributed by atoms with Crippen molar-refractivity contribution in [2.24, 2.45) is 5.73 Å². The third-order valence-corrected chi connectivity index (χ3v) is 2.83. The molecule has 0 saturated carbocycles. The first kappa shape index (κ1) is 17.7. The topological polar surface area (TPSA) is 64.3 Å². The van der Waals surface area contributed by atoms with Crippen LogP contribution in [-0.4, -0.2) is 25.1 Å². The molecule has 0 aliphatic carbocycles. The molecule has 1 unspecified atom stereocenters. The summed E-state index contributed by atoms with van der Waals surface area (Å²) in [6.07, 6.45) is 1.81. The third-order valence-electron chi connectivity index (χ3n) is 2.83. The van der Waals surface area contributed by atoms with Crippen LogP contribution in [0.25, 0.3) is 0 Å². The van der Waals surface area contributed by atoms with Crippen molar-refractivity contribution in [2.45, 2.75) is 38.8 Å². The quantitative estimate of drug-likeness (QED) is 0.839. The van der Waals surface area contributed by atoms with Crippen molar-refractivity contribution in [1.82, 2.24) is 5.32 Å². The van der Waals surface area contributed by atoms with Gasteiger partial charge in [-0.05, 0) is 44.4 Å². The van der Waals surface area contributed by atoms with Crippen molar-refractivity contribution in [3.8, 4) is 5.75 Å². The van der Waals surface area contributed by atoms with Crippen LogP contribution >= 0.6 is 12.4 Å². The molecule has 0 aliphatic heterocycles. The largest absolute Gasteiger partial charge is 0.497 e. The van der Waals surface area contributed by atoms with Crippen molar-refractivity contribution < 1.29 is 9.53 Å². The number of carbonyl (C=O) groups is 1. The van der Waals surface area contributed by atoms with E-state index in [1.165, 1.54) is 5.56 Å². The number of nitrogens with one attached hydrogen (secondary N) is 1. The number of carbonyl (C=O) groups excluding carboxylic acids is 1. The maximum absolute atomic E-state index is 11.4. The highest BCUT2D eigenvalue weighted by molar-refractivity contribution is 5.85. The summed E-state index contributed by atoms with van der Waals surface area (Å²) < 4.78 is 5.10. The molecule has 19 heavy (non-hydrogen) atoms. The summed E-state index contributed by atoms with van der Waals surface area (Å²) in [6.45, 7) is 3.68. The molecule has 0 aliphatic rings. The molecule has 0 saturated heterocycles. The molecule has 1 aromatic carbocycles. The second kappa shape index (κ2) is 8.77. The molecular formula is C14H23ClN2O2. The van der Waals surface area contributed by atoms with Crippen LogP contribution in [0.3, 0.4) is 0 Å². The lowest BCUT2D eigenvalue weighted by atomic mass is 10.1. The van der Waals surface area contributed by atoms with Crippen LogP contribution in [0.5, 0.6) is 5.75 Å². The zero-order valence-corrected chi connectivity index (χ0v) is 12.5. The molecule has 2 atom stereocenters. The second-order valence-corrected chi connectivity index (χ2v) is 4.59. The van der Waals surface area contributed by atoms with E-state index in [9.17, 15) is 4.79 Å². The molecule has 1 rings (SSSR count). The molecule has 3 N–H and O–H groups in total. The minimum Gasteiger partial charge on any atom is -0.497 e. The average molecular weight is 287 g/mol. The van der Waals surface area contributed by atoms with Gasteiger partial charge in [-0.25, -0.2) is 0 Å². The first-order chi connectivity index (χ1) is 8.52. The molecule has 1 amide bonds.